The molecule has 0 aliphatic carbocycles. The highest BCUT2D eigenvalue weighted by atomic mass is 19.4. The number of halogens is 3. The molecule has 2 aromatic carbocycles. The molecule has 2 aromatic heterocycles. The van der Waals surface area contributed by atoms with Crippen LogP contribution in [0.1, 0.15) is 16.2 Å². The molecule has 6 nitrogen and oxygen atoms in total. The SMILES string of the molecule is CNC(=O)c1ccc2c(c1)c1c(nc(C)n1C)n2-c1ccc(OC(F)(F)F)cc1. The summed E-state index contributed by atoms with van der Waals surface area (Å²) >= 11 is 0. The number of nitrogens with zero attached hydrogens (tertiary/aromatic N) is 3. The Kier molecular flexibility index (Phi) is 4.25. The topological polar surface area (TPSA) is 61.1 Å². The number of benzene rings is 2. The molecular formula is C20H17F3N4O2. The fourth-order valence-electron chi connectivity index (χ4n) is 3.43. The van der Waals surface area contributed by atoms with E-state index in [-0.39, 0.29) is 11.7 Å². The molecule has 1 amide bonds. The molecule has 0 fully saturated rings. The first-order valence-corrected chi connectivity index (χ1v) is 8.75. The predicted octanol–water partition coefficient (Wildman–Crippen LogP) is 4.08. The van der Waals surface area contributed by atoms with Crippen LogP contribution in [-0.4, -0.2) is 33.4 Å². The Labute approximate surface area is 163 Å². The van der Waals surface area contributed by atoms with Crippen LogP contribution in [0.5, 0.6) is 5.75 Å². The van der Waals surface area contributed by atoms with E-state index in [9.17, 15) is 18.0 Å². The molecule has 0 atom stereocenters. The average molecular weight is 402 g/mol. The van der Waals surface area contributed by atoms with Gasteiger partial charge in [0.1, 0.15) is 11.6 Å². The van der Waals surface area contributed by atoms with Crippen molar-refractivity contribution < 1.29 is 22.7 Å². The molecule has 0 radical (unpaired) electrons. The number of alkyl halides is 3. The number of carbonyl (C=O) groups is 1. The second-order valence-corrected chi connectivity index (χ2v) is 6.58. The Morgan fingerprint density at radius 1 is 1.14 bits per heavy atom. The minimum atomic E-state index is -4.75. The van der Waals surface area contributed by atoms with Gasteiger partial charge in [-0.2, -0.15) is 0 Å². The summed E-state index contributed by atoms with van der Waals surface area (Å²) in [6.45, 7) is 1.86. The monoisotopic (exact) mass is 402 g/mol. The standard InChI is InChI=1S/C20H17F3N4O2/c1-11-25-18-17(26(11)3)15-10-12(19(28)24-2)4-9-16(15)27(18)13-5-7-14(8-6-13)29-20(21,22)23/h4-10H,1-3H3,(H,24,28). The molecule has 4 aromatic rings. The molecule has 0 aliphatic heterocycles. The lowest BCUT2D eigenvalue weighted by molar-refractivity contribution is -0.274. The van der Waals surface area contributed by atoms with Gasteiger partial charge >= 0.3 is 6.36 Å². The first kappa shape index (κ1) is 18.9. The smallest absolute Gasteiger partial charge is 0.406 e. The van der Waals surface area contributed by atoms with Gasteiger partial charge in [0.05, 0.1) is 11.0 Å². The highest BCUT2D eigenvalue weighted by Crippen LogP contribution is 2.33. The first-order chi connectivity index (χ1) is 13.7. The van der Waals surface area contributed by atoms with Gasteiger partial charge in [-0.3, -0.25) is 9.36 Å². The zero-order valence-corrected chi connectivity index (χ0v) is 15.8. The molecule has 29 heavy (non-hydrogen) atoms. The minimum Gasteiger partial charge on any atom is -0.406 e. The van der Waals surface area contributed by atoms with Crippen molar-refractivity contribution in [1.29, 1.82) is 0 Å². The fourth-order valence-corrected chi connectivity index (χ4v) is 3.43. The van der Waals surface area contributed by atoms with Crippen molar-refractivity contribution in [2.45, 2.75) is 13.3 Å². The second-order valence-electron chi connectivity index (χ2n) is 6.58. The molecule has 0 saturated heterocycles. The summed E-state index contributed by atoms with van der Waals surface area (Å²) in [5.74, 6) is 0.265. The van der Waals surface area contributed by atoms with Crippen molar-refractivity contribution in [3.63, 3.8) is 0 Å². The molecule has 0 spiro atoms. The lowest BCUT2D eigenvalue weighted by Crippen LogP contribution is -2.17. The number of amides is 1. The molecule has 0 unspecified atom stereocenters. The third-order valence-corrected chi connectivity index (χ3v) is 4.82. The molecule has 150 valence electrons. The van der Waals surface area contributed by atoms with Crippen LogP contribution in [-0.2, 0) is 7.05 Å². The Balaban J connectivity index is 1.93. The van der Waals surface area contributed by atoms with E-state index in [0.717, 1.165) is 22.2 Å². The number of fused-ring (bicyclic) bond motifs is 3. The van der Waals surface area contributed by atoms with Crippen LogP contribution in [0.15, 0.2) is 42.5 Å². The number of ether oxygens (including phenoxy) is 1. The van der Waals surface area contributed by atoms with E-state index in [0.29, 0.717) is 16.9 Å². The summed E-state index contributed by atoms with van der Waals surface area (Å²) in [4.78, 5) is 16.7. The van der Waals surface area contributed by atoms with E-state index < -0.39 is 6.36 Å². The maximum atomic E-state index is 12.4. The largest absolute Gasteiger partial charge is 0.573 e. The third-order valence-electron chi connectivity index (χ3n) is 4.82. The summed E-state index contributed by atoms with van der Waals surface area (Å²) in [7, 11) is 3.44. The summed E-state index contributed by atoms with van der Waals surface area (Å²) in [5, 5.41) is 3.42. The lowest BCUT2D eigenvalue weighted by atomic mass is 10.1. The van der Waals surface area contributed by atoms with E-state index in [1.165, 1.54) is 24.3 Å². The van der Waals surface area contributed by atoms with E-state index in [1.807, 2.05) is 23.1 Å². The number of carbonyl (C=O) groups excluding carboxylic acids is 1. The van der Waals surface area contributed by atoms with Crippen LogP contribution in [0.25, 0.3) is 27.8 Å². The molecule has 2 heterocycles. The molecule has 0 aliphatic rings. The Bertz CT molecular complexity index is 1240. The van der Waals surface area contributed by atoms with Gasteiger partial charge in [0, 0.05) is 30.7 Å². The first-order valence-electron chi connectivity index (χ1n) is 8.75. The lowest BCUT2D eigenvalue weighted by Gasteiger charge is -2.11. The minimum absolute atomic E-state index is 0.208. The Morgan fingerprint density at radius 3 is 2.45 bits per heavy atom. The van der Waals surface area contributed by atoms with Crippen LogP contribution in [0.4, 0.5) is 13.2 Å². The van der Waals surface area contributed by atoms with Gasteiger partial charge in [-0.1, -0.05) is 0 Å². The summed E-state index contributed by atoms with van der Waals surface area (Å²) in [6, 6.07) is 10.9. The van der Waals surface area contributed by atoms with Crippen molar-refractivity contribution in [3.8, 4) is 11.4 Å². The van der Waals surface area contributed by atoms with Gasteiger partial charge in [-0.05, 0) is 49.4 Å². The van der Waals surface area contributed by atoms with Gasteiger partial charge in [-0.15, -0.1) is 13.2 Å². The summed E-state index contributed by atoms with van der Waals surface area (Å²) in [6.07, 6.45) is -4.75. The number of nitrogens with one attached hydrogen (secondary N) is 1. The van der Waals surface area contributed by atoms with E-state index >= 15 is 0 Å². The van der Waals surface area contributed by atoms with Crippen LogP contribution in [0.3, 0.4) is 0 Å². The summed E-state index contributed by atoms with van der Waals surface area (Å²) in [5.41, 5.74) is 3.41. The number of hydrogen-bond donors (Lipinski definition) is 1. The van der Waals surface area contributed by atoms with Gasteiger partial charge < -0.3 is 14.6 Å². The van der Waals surface area contributed by atoms with Crippen molar-refractivity contribution in [1.82, 2.24) is 19.4 Å². The molecule has 4 rings (SSSR count). The van der Waals surface area contributed by atoms with Gasteiger partial charge in [0.25, 0.3) is 5.91 Å². The van der Waals surface area contributed by atoms with Crippen molar-refractivity contribution in [3.05, 3.63) is 53.9 Å². The number of imidazole rings is 1. The van der Waals surface area contributed by atoms with E-state index in [2.05, 4.69) is 15.0 Å². The highest BCUT2D eigenvalue weighted by molar-refractivity contribution is 6.09. The van der Waals surface area contributed by atoms with Crippen molar-refractivity contribution >= 4 is 28.0 Å². The van der Waals surface area contributed by atoms with Crippen LogP contribution in [0.2, 0.25) is 0 Å². The molecular weight excluding hydrogens is 385 g/mol. The number of aromatic nitrogens is 3. The highest BCUT2D eigenvalue weighted by Gasteiger charge is 2.31. The van der Waals surface area contributed by atoms with Crippen molar-refractivity contribution in [2.75, 3.05) is 7.05 Å². The number of aryl methyl sites for hydroxylation is 2. The van der Waals surface area contributed by atoms with Gasteiger partial charge in [0.15, 0.2) is 5.65 Å². The molecule has 1 N–H and O–H groups in total. The maximum absolute atomic E-state index is 12.4. The normalized spacial score (nSPS) is 11.9. The quantitative estimate of drug-likeness (QED) is 0.562. The van der Waals surface area contributed by atoms with Gasteiger partial charge in [0.2, 0.25) is 0 Å². The molecule has 0 bridgehead atoms. The Hall–Kier alpha value is -3.49. The van der Waals surface area contributed by atoms with Crippen molar-refractivity contribution in [2.24, 2.45) is 7.05 Å². The van der Waals surface area contributed by atoms with Crippen LogP contribution < -0.4 is 10.1 Å². The summed E-state index contributed by atoms with van der Waals surface area (Å²) < 4.78 is 45.0. The molecule has 9 heteroatoms. The third kappa shape index (κ3) is 3.18. The van der Waals surface area contributed by atoms with E-state index in [1.54, 1.807) is 25.2 Å². The predicted molar refractivity (Wildman–Crippen MR) is 102 cm³/mol. The van der Waals surface area contributed by atoms with Gasteiger partial charge in [-0.25, -0.2) is 4.98 Å². The number of rotatable bonds is 3. The fraction of sp³-hybridized carbons (Fsp3) is 0.200. The maximum Gasteiger partial charge on any atom is 0.573 e. The molecule has 0 saturated carbocycles. The zero-order valence-electron chi connectivity index (χ0n) is 15.8. The number of hydrogen-bond acceptors (Lipinski definition) is 3. The second kappa shape index (κ2) is 6.54. The average Bonchev–Trinajstić information content (AvgIpc) is 3.13. The van der Waals surface area contributed by atoms with Crippen LogP contribution >= 0.6 is 0 Å². The zero-order chi connectivity index (χ0) is 20.9. The van der Waals surface area contributed by atoms with E-state index in [4.69, 9.17) is 0 Å². The Morgan fingerprint density at radius 2 is 1.83 bits per heavy atom. The van der Waals surface area contributed by atoms with Crippen LogP contribution in [0, 0.1) is 6.92 Å².